The van der Waals surface area contributed by atoms with Crippen molar-refractivity contribution in [1.29, 1.82) is 0 Å². The highest BCUT2D eigenvalue weighted by molar-refractivity contribution is 14.0. The van der Waals surface area contributed by atoms with Crippen LogP contribution in [0.25, 0.3) is 0 Å². The van der Waals surface area contributed by atoms with Crippen LogP contribution in [-0.4, -0.2) is 60.5 Å². The fourth-order valence-electron chi connectivity index (χ4n) is 2.09. The molecule has 0 aromatic heterocycles. The van der Waals surface area contributed by atoms with Gasteiger partial charge in [-0.15, -0.1) is 24.0 Å². The fourth-order valence-corrected chi connectivity index (χ4v) is 3.39. The first-order valence-electron chi connectivity index (χ1n) is 7.43. The molecule has 1 rings (SSSR count). The minimum Gasteiger partial charge on any atom is -0.357 e. The molecule has 0 aromatic rings. The predicted molar refractivity (Wildman–Crippen MR) is 103 cm³/mol. The molecule has 1 unspecified atom stereocenters. The summed E-state index contributed by atoms with van der Waals surface area (Å²) in [5.74, 6) is 2.81. The number of nitrogens with zero attached hydrogens (tertiary/aromatic N) is 2. The molecule has 21 heavy (non-hydrogen) atoms. The summed E-state index contributed by atoms with van der Waals surface area (Å²) in [6.07, 6.45) is 0. The zero-order chi connectivity index (χ0) is 15.0. The molecule has 0 spiro atoms. The topological polar surface area (TPSA) is 56.7 Å². The second-order valence-electron chi connectivity index (χ2n) is 5.32. The van der Waals surface area contributed by atoms with Crippen molar-refractivity contribution in [2.75, 3.05) is 38.5 Å². The Balaban J connectivity index is 0.00000400. The van der Waals surface area contributed by atoms with E-state index in [1.165, 1.54) is 6.92 Å². The Morgan fingerprint density at radius 2 is 2.14 bits per heavy atom. The molecule has 1 saturated heterocycles. The van der Waals surface area contributed by atoms with Crippen molar-refractivity contribution in [3.63, 3.8) is 0 Å². The molecule has 0 aliphatic carbocycles. The van der Waals surface area contributed by atoms with E-state index in [2.05, 4.69) is 53.1 Å². The summed E-state index contributed by atoms with van der Waals surface area (Å²) in [6.45, 7) is 12.4. The number of amides is 1. The van der Waals surface area contributed by atoms with Gasteiger partial charge in [-0.2, -0.15) is 11.8 Å². The highest BCUT2D eigenvalue weighted by Gasteiger charge is 2.24. The van der Waals surface area contributed by atoms with Gasteiger partial charge in [-0.1, -0.05) is 13.8 Å². The Morgan fingerprint density at radius 3 is 2.71 bits per heavy atom. The van der Waals surface area contributed by atoms with E-state index in [-0.39, 0.29) is 29.9 Å². The zero-order valence-electron chi connectivity index (χ0n) is 13.5. The largest absolute Gasteiger partial charge is 0.357 e. The van der Waals surface area contributed by atoms with Crippen molar-refractivity contribution in [2.24, 2.45) is 10.9 Å². The zero-order valence-corrected chi connectivity index (χ0v) is 16.7. The molecule has 2 N–H and O–H groups in total. The van der Waals surface area contributed by atoms with Gasteiger partial charge in [-0.3, -0.25) is 9.79 Å². The van der Waals surface area contributed by atoms with E-state index in [0.717, 1.165) is 31.3 Å². The smallest absolute Gasteiger partial charge is 0.216 e. The molecule has 1 aliphatic heterocycles. The summed E-state index contributed by atoms with van der Waals surface area (Å²) in [5.41, 5.74) is 0. The van der Waals surface area contributed by atoms with E-state index >= 15 is 0 Å². The average molecular weight is 428 g/mol. The first kappa shape index (κ1) is 20.8. The lowest BCUT2D eigenvalue weighted by atomic mass is 10.1. The number of rotatable bonds is 5. The summed E-state index contributed by atoms with van der Waals surface area (Å²) in [4.78, 5) is 17.8. The Bertz CT molecular complexity index is 339. The Labute approximate surface area is 150 Å². The first-order chi connectivity index (χ1) is 9.54. The highest BCUT2D eigenvalue weighted by atomic mass is 127. The van der Waals surface area contributed by atoms with E-state index in [1.807, 2.05) is 0 Å². The van der Waals surface area contributed by atoms with Gasteiger partial charge < -0.3 is 15.5 Å². The third kappa shape index (κ3) is 8.13. The number of hydrogen-bond acceptors (Lipinski definition) is 3. The van der Waals surface area contributed by atoms with Crippen LogP contribution in [0.5, 0.6) is 0 Å². The van der Waals surface area contributed by atoms with Crippen LogP contribution in [0, 0.1) is 5.92 Å². The number of aliphatic imine (C=N–C) groups is 1. The molecule has 124 valence electrons. The Hall–Kier alpha value is -0.180. The molecule has 1 atom stereocenters. The standard InChI is InChI=1S/C14H28N4OS.HI/c1-5-15-14(17-7-6-16-12(4)19)18-8-9-20-13(10-18)11(2)3;/h11,13H,5-10H2,1-4H3,(H,15,17)(H,16,19);1H. The lowest BCUT2D eigenvalue weighted by Crippen LogP contribution is -2.49. The third-order valence-corrected chi connectivity index (χ3v) is 4.76. The number of halogens is 1. The molecule has 1 amide bonds. The summed E-state index contributed by atoms with van der Waals surface area (Å²) >= 11 is 2.06. The number of nitrogens with one attached hydrogen (secondary N) is 2. The summed E-state index contributed by atoms with van der Waals surface area (Å²) in [5, 5.41) is 6.80. The molecule has 1 aliphatic rings. The van der Waals surface area contributed by atoms with E-state index in [1.54, 1.807) is 0 Å². The molecule has 0 bridgehead atoms. The maximum atomic E-state index is 10.8. The van der Waals surface area contributed by atoms with Crippen molar-refractivity contribution in [1.82, 2.24) is 15.5 Å². The van der Waals surface area contributed by atoms with Crippen LogP contribution in [0.3, 0.4) is 0 Å². The van der Waals surface area contributed by atoms with Gasteiger partial charge in [0, 0.05) is 44.1 Å². The average Bonchev–Trinajstić information content (AvgIpc) is 2.42. The van der Waals surface area contributed by atoms with Gasteiger partial charge in [0.25, 0.3) is 0 Å². The monoisotopic (exact) mass is 428 g/mol. The molecular formula is C14H29IN4OS. The van der Waals surface area contributed by atoms with E-state index in [0.29, 0.717) is 24.3 Å². The number of guanidine groups is 1. The molecule has 1 fully saturated rings. The molecule has 1 heterocycles. The summed E-state index contributed by atoms with van der Waals surface area (Å²) in [7, 11) is 0. The Morgan fingerprint density at radius 1 is 1.43 bits per heavy atom. The van der Waals surface area contributed by atoms with Gasteiger partial charge >= 0.3 is 0 Å². The van der Waals surface area contributed by atoms with Gasteiger partial charge in [0.2, 0.25) is 5.91 Å². The third-order valence-electron chi connectivity index (χ3n) is 3.22. The fraction of sp³-hybridized carbons (Fsp3) is 0.857. The van der Waals surface area contributed by atoms with Crippen LogP contribution < -0.4 is 10.6 Å². The lowest BCUT2D eigenvalue weighted by Gasteiger charge is -2.36. The van der Waals surface area contributed by atoms with E-state index < -0.39 is 0 Å². The second kappa shape index (κ2) is 11.4. The maximum absolute atomic E-state index is 10.8. The van der Waals surface area contributed by atoms with Crippen molar-refractivity contribution in [3.8, 4) is 0 Å². The van der Waals surface area contributed by atoms with Crippen molar-refractivity contribution < 1.29 is 4.79 Å². The minimum atomic E-state index is -0.000514. The van der Waals surface area contributed by atoms with E-state index in [4.69, 9.17) is 0 Å². The van der Waals surface area contributed by atoms with Gasteiger partial charge in [0.15, 0.2) is 5.96 Å². The SMILES string of the molecule is CCNC(=NCCNC(C)=O)N1CCSC(C(C)C)C1.I. The molecule has 0 saturated carbocycles. The van der Waals surface area contributed by atoms with Gasteiger partial charge in [-0.25, -0.2) is 0 Å². The van der Waals surface area contributed by atoms with Gasteiger partial charge in [0.05, 0.1) is 6.54 Å². The number of thioether (sulfide) groups is 1. The summed E-state index contributed by atoms with van der Waals surface area (Å²) in [6, 6.07) is 0. The minimum absolute atomic E-state index is 0. The quantitative estimate of drug-likeness (QED) is 0.304. The number of carbonyl (C=O) groups is 1. The van der Waals surface area contributed by atoms with Crippen molar-refractivity contribution in [3.05, 3.63) is 0 Å². The normalized spacial score (nSPS) is 19.2. The van der Waals surface area contributed by atoms with Crippen LogP contribution in [0.2, 0.25) is 0 Å². The van der Waals surface area contributed by atoms with E-state index in [9.17, 15) is 4.79 Å². The maximum Gasteiger partial charge on any atom is 0.216 e. The molecular weight excluding hydrogens is 399 g/mol. The Kier molecular flexibility index (Phi) is 11.3. The van der Waals surface area contributed by atoms with Gasteiger partial charge in [-0.05, 0) is 12.8 Å². The van der Waals surface area contributed by atoms with Crippen molar-refractivity contribution in [2.45, 2.75) is 32.9 Å². The van der Waals surface area contributed by atoms with Gasteiger partial charge in [0.1, 0.15) is 0 Å². The van der Waals surface area contributed by atoms with Crippen LogP contribution in [0.15, 0.2) is 4.99 Å². The molecule has 0 radical (unpaired) electrons. The first-order valence-corrected chi connectivity index (χ1v) is 8.48. The number of carbonyl (C=O) groups excluding carboxylic acids is 1. The van der Waals surface area contributed by atoms with Crippen LogP contribution in [0.4, 0.5) is 0 Å². The predicted octanol–water partition coefficient (Wildman–Crippen LogP) is 1.78. The molecule has 5 nitrogen and oxygen atoms in total. The lowest BCUT2D eigenvalue weighted by molar-refractivity contribution is -0.118. The van der Waals surface area contributed by atoms with Crippen LogP contribution in [0.1, 0.15) is 27.7 Å². The van der Waals surface area contributed by atoms with Crippen LogP contribution >= 0.6 is 35.7 Å². The van der Waals surface area contributed by atoms with Crippen molar-refractivity contribution >= 4 is 47.6 Å². The molecule has 0 aromatic carbocycles. The highest BCUT2D eigenvalue weighted by Crippen LogP contribution is 2.24. The second-order valence-corrected chi connectivity index (χ2v) is 6.66. The number of hydrogen-bond donors (Lipinski definition) is 2. The van der Waals surface area contributed by atoms with Crippen LogP contribution in [-0.2, 0) is 4.79 Å². The molecule has 7 heteroatoms. The summed E-state index contributed by atoms with van der Waals surface area (Å²) < 4.78 is 0.